The van der Waals surface area contributed by atoms with E-state index in [0.717, 1.165) is 30.2 Å². The molecule has 0 atom stereocenters. The van der Waals surface area contributed by atoms with Crippen LogP contribution in [0.25, 0.3) is 5.82 Å². The molecule has 2 rings (SSSR count). The van der Waals surface area contributed by atoms with Crippen molar-refractivity contribution < 1.29 is 0 Å². The molecule has 0 saturated heterocycles. The zero-order chi connectivity index (χ0) is 14.7. The molecule has 0 aliphatic carbocycles. The molecule has 0 radical (unpaired) electrons. The zero-order valence-electron chi connectivity index (χ0n) is 12.4. The van der Waals surface area contributed by atoms with Gasteiger partial charge in [0.05, 0.1) is 16.9 Å². The standard InChI is InChI=1S/C15H21ClN4/c1-5-13-6-12(8-17-10(2)3)7-15(18-13)20-9-14(16)11(4)19-20/h6-7,9-10,17H,5,8H2,1-4H3. The van der Waals surface area contributed by atoms with E-state index in [2.05, 4.69) is 48.3 Å². The minimum absolute atomic E-state index is 0.457. The Kier molecular flexibility index (Phi) is 4.78. The number of pyridine rings is 1. The lowest BCUT2D eigenvalue weighted by atomic mass is 10.2. The number of aryl methyl sites for hydroxylation is 2. The number of nitrogens with zero attached hydrogens (tertiary/aromatic N) is 3. The van der Waals surface area contributed by atoms with Crippen molar-refractivity contribution in [3.05, 3.63) is 40.3 Å². The normalized spacial score (nSPS) is 11.3. The van der Waals surface area contributed by atoms with Crippen LogP contribution in [-0.2, 0) is 13.0 Å². The van der Waals surface area contributed by atoms with Crippen LogP contribution in [0.15, 0.2) is 18.3 Å². The van der Waals surface area contributed by atoms with Crippen molar-refractivity contribution in [3.8, 4) is 5.82 Å². The molecule has 0 aromatic carbocycles. The van der Waals surface area contributed by atoms with E-state index in [9.17, 15) is 0 Å². The summed E-state index contributed by atoms with van der Waals surface area (Å²) in [5.74, 6) is 0.819. The van der Waals surface area contributed by atoms with Gasteiger partial charge in [-0.1, -0.05) is 32.4 Å². The first kappa shape index (κ1) is 15.0. The number of rotatable bonds is 5. The average Bonchev–Trinajstić information content (AvgIpc) is 2.76. The molecule has 2 aromatic rings. The smallest absolute Gasteiger partial charge is 0.153 e. The Labute approximate surface area is 125 Å². The second-order valence-electron chi connectivity index (χ2n) is 5.22. The lowest BCUT2D eigenvalue weighted by Gasteiger charge is -2.11. The molecule has 0 aliphatic rings. The number of hydrogen-bond acceptors (Lipinski definition) is 3. The van der Waals surface area contributed by atoms with Crippen molar-refractivity contribution in [2.24, 2.45) is 0 Å². The number of nitrogens with one attached hydrogen (secondary N) is 1. The van der Waals surface area contributed by atoms with Crippen molar-refractivity contribution in [2.45, 2.75) is 46.7 Å². The second-order valence-corrected chi connectivity index (χ2v) is 5.63. The van der Waals surface area contributed by atoms with Crippen LogP contribution in [0.1, 0.15) is 37.7 Å². The fraction of sp³-hybridized carbons (Fsp3) is 0.467. The molecule has 2 aromatic heterocycles. The van der Waals surface area contributed by atoms with Crippen LogP contribution in [-0.4, -0.2) is 20.8 Å². The maximum atomic E-state index is 6.07. The van der Waals surface area contributed by atoms with E-state index in [0.29, 0.717) is 11.1 Å². The zero-order valence-corrected chi connectivity index (χ0v) is 13.2. The molecule has 20 heavy (non-hydrogen) atoms. The molecule has 0 spiro atoms. The second kappa shape index (κ2) is 6.37. The molecule has 4 nitrogen and oxygen atoms in total. The highest BCUT2D eigenvalue weighted by Gasteiger charge is 2.08. The van der Waals surface area contributed by atoms with Gasteiger partial charge in [0.25, 0.3) is 0 Å². The summed E-state index contributed by atoms with van der Waals surface area (Å²) in [6.07, 6.45) is 2.70. The Morgan fingerprint density at radius 2 is 2.10 bits per heavy atom. The summed E-state index contributed by atoms with van der Waals surface area (Å²) >= 11 is 6.07. The summed E-state index contributed by atoms with van der Waals surface area (Å²) < 4.78 is 1.75. The van der Waals surface area contributed by atoms with Gasteiger partial charge in [-0.2, -0.15) is 5.10 Å². The highest BCUT2D eigenvalue weighted by molar-refractivity contribution is 6.31. The van der Waals surface area contributed by atoms with Crippen molar-refractivity contribution >= 4 is 11.6 Å². The third-order valence-corrected chi connectivity index (χ3v) is 3.45. The SMILES string of the molecule is CCc1cc(CNC(C)C)cc(-n2cc(Cl)c(C)n2)n1. The fourth-order valence-electron chi connectivity index (χ4n) is 1.91. The third-order valence-electron chi connectivity index (χ3n) is 3.08. The summed E-state index contributed by atoms with van der Waals surface area (Å²) in [6.45, 7) is 9.10. The quantitative estimate of drug-likeness (QED) is 0.919. The van der Waals surface area contributed by atoms with Gasteiger partial charge in [-0.15, -0.1) is 0 Å². The number of halogens is 1. The molecule has 2 heterocycles. The summed E-state index contributed by atoms with van der Waals surface area (Å²) in [7, 11) is 0. The predicted molar refractivity (Wildman–Crippen MR) is 82.5 cm³/mol. The van der Waals surface area contributed by atoms with Gasteiger partial charge in [-0.05, 0) is 31.0 Å². The van der Waals surface area contributed by atoms with Crippen molar-refractivity contribution in [1.82, 2.24) is 20.1 Å². The molecular weight excluding hydrogens is 272 g/mol. The van der Waals surface area contributed by atoms with Gasteiger partial charge in [0.1, 0.15) is 0 Å². The van der Waals surface area contributed by atoms with E-state index >= 15 is 0 Å². The minimum Gasteiger partial charge on any atom is -0.310 e. The van der Waals surface area contributed by atoms with Crippen LogP contribution in [0, 0.1) is 6.92 Å². The van der Waals surface area contributed by atoms with Gasteiger partial charge < -0.3 is 5.32 Å². The maximum absolute atomic E-state index is 6.07. The summed E-state index contributed by atoms with van der Waals surface area (Å²) in [5, 5.41) is 8.48. The highest BCUT2D eigenvalue weighted by Crippen LogP contribution is 2.17. The summed E-state index contributed by atoms with van der Waals surface area (Å²) in [5.41, 5.74) is 3.09. The topological polar surface area (TPSA) is 42.7 Å². The van der Waals surface area contributed by atoms with E-state index in [4.69, 9.17) is 11.6 Å². The number of hydrogen-bond donors (Lipinski definition) is 1. The summed E-state index contributed by atoms with van der Waals surface area (Å²) in [4.78, 5) is 4.62. The maximum Gasteiger partial charge on any atom is 0.153 e. The van der Waals surface area contributed by atoms with Crippen LogP contribution in [0.4, 0.5) is 0 Å². The molecule has 0 unspecified atom stereocenters. The van der Waals surface area contributed by atoms with Gasteiger partial charge in [0.2, 0.25) is 0 Å². The summed E-state index contributed by atoms with van der Waals surface area (Å²) in [6, 6.07) is 4.65. The number of aromatic nitrogens is 3. The first-order valence-corrected chi connectivity index (χ1v) is 7.32. The van der Waals surface area contributed by atoms with E-state index in [-0.39, 0.29) is 0 Å². The molecule has 0 bridgehead atoms. The monoisotopic (exact) mass is 292 g/mol. The molecule has 5 heteroatoms. The molecule has 108 valence electrons. The lowest BCUT2D eigenvalue weighted by Crippen LogP contribution is -2.22. The van der Waals surface area contributed by atoms with Crippen LogP contribution in [0.3, 0.4) is 0 Å². The van der Waals surface area contributed by atoms with Crippen LogP contribution >= 0.6 is 11.6 Å². The van der Waals surface area contributed by atoms with Crippen LogP contribution in [0.2, 0.25) is 5.02 Å². The lowest BCUT2D eigenvalue weighted by molar-refractivity contribution is 0.587. The van der Waals surface area contributed by atoms with Gasteiger partial charge in [-0.3, -0.25) is 0 Å². The minimum atomic E-state index is 0.457. The van der Waals surface area contributed by atoms with Gasteiger partial charge in [0.15, 0.2) is 5.82 Å². The Bertz CT molecular complexity index is 570. The average molecular weight is 293 g/mol. The van der Waals surface area contributed by atoms with E-state index in [1.165, 1.54) is 5.56 Å². The van der Waals surface area contributed by atoms with Crippen molar-refractivity contribution in [2.75, 3.05) is 0 Å². The Hall–Kier alpha value is -1.39. The fourth-order valence-corrected chi connectivity index (χ4v) is 2.04. The van der Waals surface area contributed by atoms with Gasteiger partial charge >= 0.3 is 0 Å². The molecule has 0 saturated carbocycles. The Morgan fingerprint density at radius 3 is 2.65 bits per heavy atom. The molecular formula is C15H21ClN4. The first-order chi connectivity index (χ1) is 9.49. The van der Waals surface area contributed by atoms with Crippen molar-refractivity contribution in [1.29, 1.82) is 0 Å². The molecule has 0 amide bonds. The van der Waals surface area contributed by atoms with Crippen LogP contribution < -0.4 is 5.32 Å². The first-order valence-electron chi connectivity index (χ1n) is 6.95. The third kappa shape index (κ3) is 3.58. The Morgan fingerprint density at radius 1 is 1.35 bits per heavy atom. The largest absolute Gasteiger partial charge is 0.310 e. The highest BCUT2D eigenvalue weighted by atomic mass is 35.5. The van der Waals surface area contributed by atoms with E-state index < -0.39 is 0 Å². The van der Waals surface area contributed by atoms with Gasteiger partial charge in [-0.25, -0.2) is 9.67 Å². The predicted octanol–water partition coefficient (Wildman–Crippen LogP) is 3.29. The van der Waals surface area contributed by atoms with Crippen LogP contribution in [0.5, 0.6) is 0 Å². The van der Waals surface area contributed by atoms with E-state index in [1.807, 2.05) is 6.92 Å². The Balaban J connectivity index is 2.34. The molecule has 1 N–H and O–H groups in total. The van der Waals surface area contributed by atoms with Crippen molar-refractivity contribution in [3.63, 3.8) is 0 Å². The van der Waals surface area contributed by atoms with E-state index in [1.54, 1.807) is 10.9 Å². The molecule has 0 aliphatic heterocycles. The van der Waals surface area contributed by atoms with Gasteiger partial charge in [0, 0.05) is 18.3 Å². The molecule has 0 fully saturated rings.